The summed E-state index contributed by atoms with van der Waals surface area (Å²) in [7, 11) is 0. The molecule has 22 heavy (non-hydrogen) atoms. The van der Waals surface area contributed by atoms with Crippen LogP contribution in [0.3, 0.4) is 0 Å². The van der Waals surface area contributed by atoms with Crippen LogP contribution in [0, 0.1) is 5.92 Å². The number of aliphatic carboxylic acids is 1. The minimum atomic E-state index is -0.860. The number of nitrogens with zero attached hydrogens (tertiary/aromatic N) is 2. The van der Waals surface area contributed by atoms with E-state index < -0.39 is 11.9 Å². The summed E-state index contributed by atoms with van der Waals surface area (Å²) < 4.78 is 0. The number of fused-ring (bicyclic) bond motifs is 1. The van der Waals surface area contributed by atoms with Gasteiger partial charge in [-0.2, -0.15) is 0 Å². The summed E-state index contributed by atoms with van der Waals surface area (Å²) in [5.41, 5.74) is 0.965. The van der Waals surface area contributed by atoms with Crippen molar-refractivity contribution in [2.75, 3.05) is 6.54 Å². The molecule has 1 aliphatic heterocycles. The second kappa shape index (κ2) is 5.57. The maximum absolute atomic E-state index is 12.6. The Morgan fingerprint density at radius 1 is 1.32 bits per heavy atom. The van der Waals surface area contributed by atoms with Crippen molar-refractivity contribution in [3.63, 3.8) is 0 Å². The third-order valence-corrected chi connectivity index (χ3v) is 4.44. The Bertz CT molecular complexity index is 762. The molecule has 2 unspecified atom stereocenters. The Balaban J connectivity index is 1.91. The smallest absolute Gasteiger partial charge is 0.308 e. The SMILES string of the molecule is CC1C(C(=O)O)CCN1C(=O)c1ccc2ccc(Cl)cc2n1. The maximum atomic E-state index is 12.6. The van der Waals surface area contributed by atoms with Gasteiger partial charge in [-0.3, -0.25) is 9.59 Å². The number of carboxylic acid groups (broad SMARTS) is 1. The molecule has 114 valence electrons. The van der Waals surface area contributed by atoms with E-state index in [1.165, 1.54) is 0 Å². The van der Waals surface area contributed by atoms with Crippen LogP contribution < -0.4 is 0 Å². The third kappa shape index (κ3) is 2.52. The van der Waals surface area contributed by atoms with E-state index >= 15 is 0 Å². The average Bonchev–Trinajstić information content (AvgIpc) is 2.87. The van der Waals surface area contributed by atoms with E-state index in [2.05, 4.69) is 4.98 Å². The fourth-order valence-corrected chi connectivity index (χ4v) is 3.08. The number of carbonyl (C=O) groups excluding carboxylic acids is 1. The molecule has 5 nitrogen and oxygen atoms in total. The Hall–Kier alpha value is -2.14. The van der Waals surface area contributed by atoms with Crippen LogP contribution in [0.5, 0.6) is 0 Å². The van der Waals surface area contributed by atoms with E-state index in [-0.39, 0.29) is 11.9 Å². The van der Waals surface area contributed by atoms with Gasteiger partial charge in [0.1, 0.15) is 5.69 Å². The fraction of sp³-hybridized carbons (Fsp3) is 0.312. The van der Waals surface area contributed by atoms with Crippen LogP contribution in [-0.4, -0.2) is 39.5 Å². The lowest BCUT2D eigenvalue weighted by Gasteiger charge is -2.23. The first-order valence-electron chi connectivity index (χ1n) is 7.07. The Kier molecular flexibility index (Phi) is 3.74. The largest absolute Gasteiger partial charge is 0.481 e. The highest BCUT2D eigenvalue weighted by Gasteiger charge is 2.38. The first-order valence-corrected chi connectivity index (χ1v) is 7.45. The molecule has 2 heterocycles. The quantitative estimate of drug-likeness (QED) is 0.924. The van der Waals surface area contributed by atoms with Gasteiger partial charge in [-0.05, 0) is 31.5 Å². The standard InChI is InChI=1S/C16H15ClN2O3/c1-9-12(16(21)22)6-7-19(9)15(20)13-5-3-10-2-4-11(17)8-14(10)18-13/h2-5,8-9,12H,6-7H2,1H3,(H,21,22). The monoisotopic (exact) mass is 318 g/mol. The second-order valence-corrected chi connectivity index (χ2v) is 5.94. The highest BCUT2D eigenvalue weighted by Crippen LogP contribution is 2.26. The van der Waals surface area contributed by atoms with Gasteiger partial charge in [0.25, 0.3) is 5.91 Å². The van der Waals surface area contributed by atoms with Crippen molar-refractivity contribution in [3.8, 4) is 0 Å². The van der Waals surface area contributed by atoms with Crippen LogP contribution in [0.25, 0.3) is 10.9 Å². The molecule has 3 rings (SSSR count). The maximum Gasteiger partial charge on any atom is 0.308 e. The number of aromatic nitrogens is 1. The summed E-state index contributed by atoms with van der Waals surface area (Å²) in [6.07, 6.45) is 0.474. The third-order valence-electron chi connectivity index (χ3n) is 4.21. The first kappa shape index (κ1) is 14.8. The molecule has 1 aromatic heterocycles. The topological polar surface area (TPSA) is 70.5 Å². The van der Waals surface area contributed by atoms with Gasteiger partial charge in [0.05, 0.1) is 11.4 Å². The van der Waals surface area contributed by atoms with Crippen LogP contribution >= 0.6 is 11.6 Å². The zero-order valence-corrected chi connectivity index (χ0v) is 12.7. The van der Waals surface area contributed by atoms with Crippen molar-refractivity contribution in [3.05, 3.63) is 41.0 Å². The average molecular weight is 319 g/mol. The molecule has 1 fully saturated rings. The summed E-state index contributed by atoms with van der Waals surface area (Å²) in [6.45, 7) is 2.20. The van der Waals surface area contributed by atoms with Gasteiger partial charge in [0.15, 0.2) is 0 Å². The molecule has 0 aliphatic carbocycles. The number of carbonyl (C=O) groups is 2. The lowest BCUT2D eigenvalue weighted by Crippen LogP contribution is -2.38. The molecule has 1 N–H and O–H groups in total. The van der Waals surface area contributed by atoms with Gasteiger partial charge in [-0.15, -0.1) is 0 Å². The van der Waals surface area contributed by atoms with Crippen LogP contribution in [0.15, 0.2) is 30.3 Å². The molecule has 2 atom stereocenters. The van der Waals surface area contributed by atoms with Gasteiger partial charge in [0, 0.05) is 23.0 Å². The molecule has 1 aliphatic rings. The molecular formula is C16H15ClN2O3. The number of halogens is 1. The van der Waals surface area contributed by atoms with Gasteiger partial charge >= 0.3 is 5.97 Å². The zero-order valence-electron chi connectivity index (χ0n) is 12.0. The molecule has 0 radical (unpaired) electrons. The summed E-state index contributed by atoms with van der Waals surface area (Å²) in [5.74, 6) is -1.61. The van der Waals surface area contributed by atoms with Crippen molar-refractivity contribution in [1.29, 1.82) is 0 Å². The minimum Gasteiger partial charge on any atom is -0.481 e. The van der Waals surface area contributed by atoms with Crippen molar-refractivity contribution in [2.45, 2.75) is 19.4 Å². The number of likely N-dealkylation sites (tertiary alicyclic amines) is 1. The molecule has 2 aromatic rings. The predicted octanol–water partition coefficient (Wildman–Crippen LogP) is 2.82. The lowest BCUT2D eigenvalue weighted by atomic mass is 10.0. The van der Waals surface area contributed by atoms with Crippen LogP contribution in [0.1, 0.15) is 23.8 Å². The summed E-state index contributed by atoms with van der Waals surface area (Å²) in [6, 6.07) is 8.48. The van der Waals surface area contributed by atoms with E-state index in [0.29, 0.717) is 29.2 Å². The Labute approximate surface area is 132 Å². The van der Waals surface area contributed by atoms with Crippen LogP contribution in [-0.2, 0) is 4.79 Å². The summed E-state index contributed by atoms with van der Waals surface area (Å²) in [5, 5.41) is 10.6. The van der Waals surface area contributed by atoms with E-state index in [0.717, 1.165) is 5.39 Å². The van der Waals surface area contributed by atoms with E-state index in [4.69, 9.17) is 16.7 Å². The number of carboxylic acids is 1. The van der Waals surface area contributed by atoms with Gasteiger partial charge in [0.2, 0.25) is 0 Å². The molecule has 1 amide bonds. The van der Waals surface area contributed by atoms with Crippen molar-refractivity contribution >= 4 is 34.4 Å². The molecule has 0 saturated carbocycles. The number of hydrogen-bond acceptors (Lipinski definition) is 3. The fourth-order valence-electron chi connectivity index (χ4n) is 2.91. The number of pyridine rings is 1. The molecular weight excluding hydrogens is 304 g/mol. The molecule has 0 spiro atoms. The lowest BCUT2D eigenvalue weighted by molar-refractivity contribution is -0.142. The van der Waals surface area contributed by atoms with Crippen molar-refractivity contribution in [1.82, 2.24) is 9.88 Å². The van der Waals surface area contributed by atoms with Gasteiger partial charge in [-0.25, -0.2) is 4.98 Å². The number of benzene rings is 1. The van der Waals surface area contributed by atoms with E-state index in [1.807, 2.05) is 12.1 Å². The first-order chi connectivity index (χ1) is 10.5. The highest BCUT2D eigenvalue weighted by molar-refractivity contribution is 6.31. The molecule has 1 aromatic carbocycles. The van der Waals surface area contributed by atoms with E-state index in [9.17, 15) is 9.59 Å². The number of hydrogen-bond donors (Lipinski definition) is 1. The molecule has 0 bridgehead atoms. The van der Waals surface area contributed by atoms with E-state index in [1.54, 1.807) is 30.0 Å². The molecule has 1 saturated heterocycles. The Morgan fingerprint density at radius 3 is 2.73 bits per heavy atom. The van der Waals surface area contributed by atoms with Crippen molar-refractivity contribution < 1.29 is 14.7 Å². The molecule has 6 heteroatoms. The van der Waals surface area contributed by atoms with Gasteiger partial charge < -0.3 is 10.0 Å². The van der Waals surface area contributed by atoms with Crippen molar-refractivity contribution in [2.24, 2.45) is 5.92 Å². The minimum absolute atomic E-state index is 0.238. The Morgan fingerprint density at radius 2 is 2.05 bits per heavy atom. The highest BCUT2D eigenvalue weighted by atomic mass is 35.5. The van der Waals surface area contributed by atoms with Crippen LogP contribution in [0.2, 0.25) is 5.02 Å². The van der Waals surface area contributed by atoms with Gasteiger partial charge in [-0.1, -0.05) is 23.7 Å². The zero-order chi connectivity index (χ0) is 15.9. The summed E-state index contributed by atoms with van der Waals surface area (Å²) in [4.78, 5) is 29.7. The normalized spacial score (nSPS) is 21.3. The predicted molar refractivity (Wildman–Crippen MR) is 83.0 cm³/mol. The number of amides is 1. The number of rotatable bonds is 2. The second-order valence-electron chi connectivity index (χ2n) is 5.51. The summed E-state index contributed by atoms with van der Waals surface area (Å²) >= 11 is 5.95. The van der Waals surface area contributed by atoms with Crippen LogP contribution in [0.4, 0.5) is 0 Å².